The van der Waals surface area contributed by atoms with Crippen LogP contribution in [0.25, 0.3) is 6.08 Å². The second-order valence-corrected chi connectivity index (χ2v) is 7.45. The third kappa shape index (κ3) is 4.71. The number of hydrogen-bond acceptors (Lipinski definition) is 6. The first-order valence-corrected chi connectivity index (χ1v) is 10.1. The Morgan fingerprint density at radius 3 is 2.53 bits per heavy atom. The summed E-state index contributed by atoms with van der Waals surface area (Å²) in [5.41, 5.74) is 2.83. The molecular formula is C25H18ClNO5. The number of methoxy groups -OCH3 is 1. The molecule has 0 radical (unpaired) electrons. The van der Waals surface area contributed by atoms with Crippen LogP contribution in [0.15, 0.2) is 77.4 Å². The van der Waals surface area contributed by atoms with Gasteiger partial charge in [-0.1, -0.05) is 41.4 Å². The number of esters is 2. The normalized spacial score (nSPS) is 14.2. The van der Waals surface area contributed by atoms with Gasteiger partial charge in [-0.05, 0) is 61.0 Å². The van der Waals surface area contributed by atoms with Crippen LogP contribution in [-0.4, -0.2) is 24.9 Å². The smallest absolute Gasteiger partial charge is 0.363 e. The molecule has 0 aromatic heterocycles. The van der Waals surface area contributed by atoms with Crippen molar-refractivity contribution in [2.24, 2.45) is 4.99 Å². The van der Waals surface area contributed by atoms with Crippen LogP contribution < -0.4 is 9.47 Å². The molecule has 1 aliphatic rings. The van der Waals surface area contributed by atoms with Gasteiger partial charge in [0, 0.05) is 10.6 Å². The van der Waals surface area contributed by atoms with Gasteiger partial charge >= 0.3 is 11.9 Å². The Balaban J connectivity index is 1.57. The first-order chi connectivity index (χ1) is 15.4. The van der Waals surface area contributed by atoms with Gasteiger partial charge in [0.05, 0.1) is 12.7 Å². The monoisotopic (exact) mass is 447 g/mol. The molecule has 160 valence electrons. The maximum absolute atomic E-state index is 12.4. The number of aliphatic imine (C=N–C) groups is 1. The molecule has 3 aromatic rings. The average molecular weight is 448 g/mol. The lowest BCUT2D eigenvalue weighted by molar-refractivity contribution is -0.129. The van der Waals surface area contributed by atoms with Gasteiger partial charge in [-0.15, -0.1) is 0 Å². The Bertz CT molecular complexity index is 1260. The van der Waals surface area contributed by atoms with E-state index >= 15 is 0 Å². The van der Waals surface area contributed by atoms with E-state index in [1.807, 2.05) is 19.1 Å². The van der Waals surface area contributed by atoms with Crippen molar-refractivity contribution in [3.8, 4) is 11.5 Å². The van der Waals surface area contributed by atoms with Crippen LogP contribution in [-0.2, 0) is 9.53 Å². The minimum atomic E-state index is -0.575. The number of cyclic esters (lactones) is 1. The Kier molecular flexibility index (Phi) is 6.05. The van der Waals surface area contributed by atoms with Gasteiger partial charge in [0.15, 0.2) is 17.2 Å². The molecule has 0 unspecified atom stereocenters. The van der Waals surface area contributed by atoms with Crippen LogP contribution in [0.3, 0.4) is 0 Å². The van der Waals surface area contributed by atoms with Crippen molar-refractivity contribution in [3.05, 3.63) is 99.7 Å². The fraction of sp³-hybridized carbons (Fsp3) is 0.0800. The molecule has 7 heteroatoms. The Hall–Kier alpha value is -3.90. The van der Waals surface area contributed by atoms with E-state index < -0.39 is 11.9 Å². The van der Waals surface area contributed by atoms with Crippen molar-refractivity contribution in [1.29, 1.82) is 0 Å². The highest BCUT2D eigenvalue weighted by Gasteiger charge is 2.24. The number of aryl methyl sites for hydroxylation is 1. The average Bonchev–Trinajstić information content (AvgIpc) is 3.15. The molecule has 4 rings (SSSR count). The van der Waals surface area contributed by atoms with Crippen LogP contribution in [0, 0.1) is 6.92 Å². The zero-order valence-electron chi connectivity index (χ0n) is 17.3. The van der Waals surface area contributed by atoms with Gasteiger partial charge in [0.1, 0.15) is 0 Å². The summed E-state index contributed by atoms with van der Waals surface area (Å²) in [6.07, 6.45) is 1.56. The Labute approximate surface area is 189 Å². The zero-order chi connectivity index (χ0) is 22.7. The number of nitrogens with zero attached hydrogens (tertiary/aromatic N) is 1. The molecule has 0 aliphatic carbocycles. The summed E-state index contributed by atoms with van der Waals surface area (Å²) in [6, 6.07) is 18.9. The van der Waals surface area contributed by atoms with E-state index in [1.165, 1.54) is 7.11 Å². The minimum absolute atomic E-state index is 0.131. The largest absolute Gasteiger partial charge is 0.493 e. The fourth-order valence-corrected chi connectivity index (χ4v) is 3.21. The number of rotatable bonds is 5. The van der Waals surface area contributed by atoms with Crippen molar-refractivity contribution >= 4 is 35.5 Å². The Morgan fingerprint density at radius 2 is 1.81 bits per heavy atom. The second kappa shape index (κ2) is 9.08. The number of ether oxygens (including phenoxy) is 3. The molecule has 0 N–H and O–H groups in total. The highest BCUT2D eigenvalue weighted by molar-refractivity contribution is 6.31. The molecule has 0 spiro atoms. The van der Waals surface area contributed by atoms with Crippen LogP contribution in [0.2, 0.25) is 5.02 Å². The van der Waals surface area contributed by atoms with E-state index in [1.54, 1.807) is 60.7 Å². The predicted octanol–water partition coefficient (Wildman–Crippen LogP) is 5.22. The SMILES string of the molecule is COc1cc(/C=C2\N=C(c3cccc(Cl)c3)OC2=O)ccc1OC(=O)c1ccc(C)cc1. The predicted molar refractivity (Wildman–Crippen MR) is 121 cm³/mol. The van der Waals surface area contributed by atoms with Crippen molar-refractivity contribution < 1.29 is 23.8 Å². The highest BCUT2D eigenvalue weighted by Crippen LogP contribution is 2.30. The summed E-state index contributed by atoms with van der Waals surface area (Å²) in [7, 11) is 1.47. The van der Waals surface area contributed by atoms with Crippen LogP contribution in [0.4, 0.5) is 0 Å². The number of carbonyl (C=O) groups excluding carboxylic acids is 2. The maximum Gasteiger partial charge on any atom is 0.363 e. The highest BCUT2D eigenvalue weighted by atomic mass is 35.5. The quantitative estimate of drug-likeness (QED) is 0.304. The third-order valence-corrected chi connectivity index (χ3v) is 4.91. The van der Waals surface area contributed by atoms with E-state index in [4.69, 9.17) is 25.8 Å². The lowest BCUT2D eigenvalue weighted by Gasteiger charge is -2.10. The standard InChI is InChI=1S/C25H18ClNO5/c1-15-6-9-17(10-7-15)24(28)31-21-11-8-16(13-22(21)30-2)12-20-25(29)32-23(27-20)18-4-3-5-19(26)14-18/h3-14H,1-2H3/b20-12-. The minimum Gasteiger partial charge on any atom is -0.493 e. The van der Waals surface area contributed by atoms with E-state index in [0.29, 0.717) is 27.5 Å². The first-order valence-electron chi connectivity index (χ1n) is 9.68. The van der Waals surface area contributed by atoms with E-state index in [2.05, 4.69) is 4.99 Å². The number of benzene rings is 3. The summed E-state index contributed by atoms with van der Waals surface area (Å²) in [4.78, 5) is 28.9. The zero-order valence-corrected chi connectivity index (χ0v) is 18.1. The van der Waals surface area contributed by atoms with E-state index in [-0.39, 0.29) is 17.3 Å². The molecule has 32 heavy (non-hydrogen) atoms. The molecule has 0 atom stereocenters. The molecule has 0 bridgehead atoms. The van der Waals surface area contributed by atoms with Gasteiger partial charge in [0.25, 0.3) is 0 Å². The Morgan fingerprint density at radius 1 is 1.03 bits per heavy atom. The van der Waals surface area contributed by atoms with Crippen molar-refractivity contribution in [3.63, 3.8) is 0 Å². The molecular weight excluding hydrogens is 430 g/mol. The fourth-order valence-electron chi connectivity index (χ4n) is 3.02. The van der Waals surface area contributed by atoms with E-state index in [0.717, 1.165) is 5.56 Å². The number of halogens is 1. The van der Waals surface area contributed by atoms with Gasteiger partial charge in [-0.25, -0.2) is 14.6 Å². The van der Waals surface area contributed by atoms with Gasteiger partial charge in [-0.2, -0.15) is 0 Å². The van der Waals surface area contributed by atoms with Crippen LogP contribution >= 0.6 is 11.6 Å². The molecule has 0 saturated carbocycles. The molecule has 6 nitrogen and oxygen atoms in total. The van der Waals surface area contributed by atoms with Crippen LogP contribution in [0.5, 0.6) is 11.5 Å². The molecule has 0 amide bonds. The molecule has 0 fully saturated rings. The second-order valence-electron chi connectivity index (χ2n) is 7.01. The van der Waals surface area contributed by atoms with Crippen molar-refractivity contribution in [2.45, 2.75) is 6.92 Å². The lowest BCUT2D eigenvalue weighted by Crippen LogP contribution is -2.09. The summed E-state index contributed by atoms with van der Waals surface area (Å²) in [6.45, 7) is 1.94. The maximum atomic E-state index is 12.4. The lowest BCUT2D eigenvalue weighted by atomic mass is 10.1. The number of carbonyl (C=O) groups is 2. The molecule has 0 saturated heterocycles. The summed E-state index contributed by atoms with van der Waals surface area (Å²) < 4.78 is 16.1. The van der Waals surface area contributed by atoms with Gasteiger partial charge < -0.3 is 14.2 Å². The molecule has 3 aromatic carbocycles. The molecule has 1 heterocycles. The summed E-state index contributed by atoms with van der Waals surface area (Å²) in [5.74, 6) is -0.291. The topological polar surface area (TPSA) is 74.2 Å². The van der Waals surface area contributed by atoms with Crippen molar-refractivity contribution in [2.75, 3.05) is 7.11 Å². The summed E-state index contributed by atoms with van der Waals surface area (Å²) >= 11 is 6.00. The summed E-state index contributed by atoms with van der Waals surface area (Å²) in [5, 5.41) is 0.513. The van der Waals surface area contributed by atoms with Crippen molar-refractivity contribution in [1.82, 2.24) is 0 Å². The number of hydrogen-bond donors (Lipinski definition) is 0. The molecule has 1 aliphatic heterocycles. The van der Waals surface area contributed by atoms with Crippen LogP contribution in [0.1, 0.15) is 27.0 Å². The van der Waals surface area contributed by atoms with Gasteiger partial charge in [-0.3, -0.25) is 0 Å². The third-order valence-electron chi connectivity index (χ3n) is 4.67. The van der Waals surface area contributed by atoms with Gasteiger partial charge in [0.2, 0.25) is 5.90 Å². The van der Waals surface area contributed by atoms with E-state index in [9.17, 15) is 9.59 Å². The first kappa shape index (κ1) is 21.3.